The lowest BCUT2D eigenvalue weighted by Gasteiger charge is -2.45. The van der Waals surface area contributed by atoms with E-state index >= 15 is 0 Å². The van der Waals surface area contributed by atoms with E-state index in [4.69, 9.17) is 4.18 Å². The van der Waals surface area contributed by atoms with E-state index in [0.717, 1.165) is 15.9 Å². The number of benzene rings is 4. The van der Waals surface area contributed by atoms with Crippen molar-refractivity contribution in [3.8, 4) is 17.6 Å². The molecule has 0 N–H and O–H groups in total. The van der Waals surface area contributed by atoms with Gasteiger partial charge in [-0.15, -0.1) is 0 Å². The van der Waals surface area contributed by atoms with E-state index in [0.29, 0.717) is 10.8 Å². The van der Waals surface area contributed by atoms with Gasteiger partial charge in [-0.25, -0.2) is 0 Å². The molecule has 200 valence electrons. The van der Waals surface area contributed by atoms with E-state index in [9.17, 15) is 21.6 Å². The molecule has 1 atom stereocenters. The molecule has 0 saturated heterocycles. The van der Waals surface area contributed by atoms with Crippen molar-refractivity contribution in [3.63, 3.8) is 0 Å². The lowest BCUT2D eigenvalue weighted by atomic mass is 10.2. The predicted octanol–water partition coefficient (Wildman–Crippen LogP) is 5.59. The van der Waals surface area contributed by atoms with Crippen molar-refractivity contribution in [2.75, 3.05) is 0 Å². The molecule has 0 aromatic heterocycles. The molecule has 0 aliphatic carbocycles. The molecule has 4 aromatic rings. The van der Waals surface area contributed by atoms with Crippen LogP contribution in [-0.2, 0) is 10.1 Å². The van der Waals surface area contributed by atoms with Gasteiger partial charge in [-0.2, -0.15) is 21.6 Å². The van der Waals surface area contributed by atoms with Gasteiger partial charge < -0.3 is 4.18 Å². The summed E-state index contributed by atoms with van der Waals surface area (Å²) in [6, 6.07) is 32.6. The number of hydrogen-bond acceptors (Lipinski definition) is 3. The predicted molar refractivity (Wildman–Crippen MR) is 152 cm³/mol. The SMILES string of the molecule is CC(C)(C)[Si](c1ccccc1)(c1ccccc1C#Cc1ccccc1)c1ccccc1OS(=O)(=O)C(F)(F)F. The third kappa shape index (κ3) is 5.51. The molecule has 0 heterocycles. The molecule has 39 heavy (non-hydrogen) atoms. The van der Waals surface area contributed by atoms with Crippen molar-refractivity contribution in [1.29, 1.82) is 0 Å². The van der Waals surface area contributed by atoms with Crippen LogP contribution in [0.3, 0.4) is 0 Å². The number of rotatable bonds is 5. The molecule has 4 aromatic carbocycles. The summed E-state index contributed by atoms with van der Waals surface area (Å²) in [6.45, 7) is 6.05. The minimum atomic E-state index is -5.91. The van der Waals surface area contributed by atoms with Gasteiger partial charge in [-0.1, -0.05) is 118 Å². The fourth-order valence-corrected chi connectivity index (χ4v) is 11.4. The van der Waals surface area contributed by atoms with Crippen LogP contribution in [0, 0.1) is 11.8 Å². The lowest BCUT2D eigenvalue weighted by molar-refractivity contribution is -0.0499. The monoisotopic (exact) mass is 564 g/mol. The normalized spacial score (nSPS) is 13.6. The van der Waals surface area contributed by atoms with Crippen LogP contribution < -0.4 is 19.7 Å². The van der Waals surface area contributed by atoms with Crippen LogP contribution in [0.15, 0.2) is 109 Å². The molecule has 4 rings (SSSR count). The van der Waals surface area contributed by atoms with E-state index in [1.54, 1.807) is 12.1 Å². The lowest BCUT2D eigenvalue weighted by Crippen LogP contribution is -2.73. The van der Waals surface area contributed by atoms with Crippen LogP contribution in [0.5, 0.6) is 5.75 Å². The fourth-order valence-electron chi connectivity index (χ4n) is 4.98. The van der Waals surface area contributed by atoms with Crippen LogP contribution >= 0.6 is 0 Å². The van der Waals surface area contributed by atoms with E-state index in [1.165, 1.54) is 12.1 Å². The van der Waals surface area contributed by atoms with Crippen LogP contribution in [0.2, 0.25) is 5.04 Å². The highest BCUT2D eigenvalue weighted by Crippen LogP contribution is 2.39. The van der Waals surface area contributed by atoms with Crippen molar-refractivity contribution in [2.45, 2.75) is 31.3 Å². The summed E-state index contributed by atoms with van der Waals surface area (Å²) in [5.41, 5.74) is -4.05. The summed E-state index contributed by atoms with van der Waals surface area (Å²) in [4.78, 5) is 0. The number of hydrogen-bond donors (Lipinski definition) is 0. The van der Waals surface area contributed by atoms with E-state index in [-0.39, 0.29) is 5.75 Å². The van der Waals surface area contributed by atoms with Crippen molar-refractivity contribution in [2.24, 2.45) is 0 Å². The molecule has 0 fully saturated rings. The second-order valence-electron chi connectivity index (χ2n) is 10.0. The van der Waals surface area contributed by atoms with Crippen molar-refractivity contribution in [3.05, 3.63) is 120 Å². The van der Waals surface area contributed by atoms with Gasteiger partial charge in [0, 0.05) is 11.1 Å². The molecule has 0 spiro atoms. The Morgan fingerprint density at radius 2 is 1.18 bits per heavy atom. The Balaban J connectivity index is 2.10. The molecular weight excluding hydrogens is 537 g/mol. The first-order valence-electron chi connectivity index (χ1n) is 12.2. The zero-order valence-electron chi connectivity index (χ0n) is 21.7. The molecular formula is C31H27F3O3SSi. The average molecular weight is 565 g/mol. The van der Waals surface area contributed by atoms with Gasteiger partial charge in [0.15, 0.2) is 8.07 Å². The molecule has 3 nitrogen and oxygen atoms in total. The summed E-state index contributed by atoms with van der Waals surface area (Å²) >= 11 is 0. The Kier molecular flexibility index (Phi) is 7.78. The molecule has 0 amide bonds. The standard InChI is InChI=1S/C31H27F3O3SSi/c1-30(2,3)39(26-17-8-5-9-18-26,29-21-13-11-19-27(29)37-38(35,36)31(32,33)34)28-20-12-10-16-25(28)23-22-24-14-6-4-7-15-24/h4-21H,1-3H3. The third-order valence-electron chi connectivity index (χ3n) is 6.55. The van der Waals surface area contributed by atoms with Gasteiger partial charge >= 0.3 is 15.6 Å². The highest BCUT2D eigenvalue weighted by Gasteiger charge is 2.54. The zero-order chi connectivity index (χ0) is 28.3. The second-order valence-corrected chi connectivity index (χ2v) is 16.2. The number of halogens is 3. The fraction of sp³-hybridized carbons (Fsp3) is 0.161. The highest BCUT2D eigenvalue weighted by molar-refractivity contribution is 7.88. The van der Waals surface area contributed by atoms with Crippen LogP contribution in [0.25, 0.3) is 0 Å². The molecule has 0 aliphatic heterocycles. The Bertz CT molecular complexity index is 1620. The molecule has 0 saturated carbocycles. The summed E-state index contributed by atoms with van der Waals surface area (Å²) in [6.07, 6.45) is 0. The first-order chi connectivity index (χ1) is 18.4. The van der Waals surface area contributed by atoms with Gasteiger partial charge in [-0.3, -0.25) is 0 Å². The summed E-state index contributed by atoms with van der Waals surface area (Å²) in [7, 11) is -9.28. The largest absolute Gasteiger partial charge is 0.534 e. The smallest absolute Gasteiger partial charge is 0.376 e. The Hall–Kier alpha value is -3.80. The van der Waals surface area contributed by atoms with E-state index in [2.05, 4.69) is 11.8 Å². The Morgan fingerprint density at radius 3 is 1.77 bits per heavy atom. The molecule has 0 aliphatic rings. The first kappa shape index (κ1) is 28.2. The molecule has 8 heteroatoms. The van der Waals surface area contributed by atoms with Crippen LogP contribution in [0.4, 0.5) is 13.2 Å². The Morgan fingerprint density at radius 1 is 0.667 bits per heavy atom. The third-order valence-corrected chi connectivity index (χ3v) is 13.4. The van der Waals surface area contributed by atoms with Crippen molar-refractivity contribution in [1.82, 2.24) is 0 Å². The van der Waals surface area contributed by atoms with E-state index < -0.39 is 28.7 Å². The topological polar surface area (TPSA) is 43.4 Å². The van der Waals surface area contributed by atoms with Crippen LogP contribution in [-0.4, -0.2) is 22.0 Å². The average Bonchev–Trinajstić information content (AvgIpc) is 2.89. The summed E-state index contributed by atoms with van der Waals surface area (Å²) in [5.74, 6) is 6.14. The minimum Gasteiger partial charge on any atom is -0.376 e. The van der Waals surface area contributed by atoms with Crippen LogP contribution in [0.1, 0.15) is 31.9 Å². The maximum Gasteiger partial charge on any atom is 0.534 e. The summed E-state index contributed by atoms with van der Waals surface area (Å²) in [5, 5.41) is 1.56. The van der Waals surface area contributed by atoms with Gasteiger partial charge in [0.2, 0.25) is 0 Å². The number of para-hydroxylation sites is 1. The Labute approximate surface area is 228 Å². The molecule has 1 unspecified atom stereocenters. The minimum absolute atomic E-state index is 0.342. The quantitative estimate of drug-likeness (QED) is 0.104. The van der Waals surface area contributed by atoms with Crippen molar-refractivity contribution >= 4 is 33.8 Å². The van der Waals surface area contributed by atoms with Crippen molar-refractivity contribution < 1.29 is 25.8 Å². The zero-order valence-corrected chi connectivity index (χ0v) is 23.5. The number of alkyl halides is 3. The maximum atomic E-state index is 13.4. The van der Waals surface area contributed by atoms with Gasteiger partial charge in [0.1, 0.15) is 5.75 Å². The van der Waals surface area contributed by atoms with E-state index in [1.807, 2.05) is 106 Å². The highest BCUT2D eigenvalue weighted by atomic mass is 32.2. The molecule has 0 radical (unpaired) electrons. The van der Waals surface area contributed by atoms with Gasteiger partial charge in [-0.05, 0) is 44.9 Å². The molecule has 0 bridgehead atoms. The summed E-state index contributed by atoms with van der Waals surface area (Å²) < 4.78 is 69.5. The maximum absolute atomic E-state index is 13.4. The first-order valence-corrected chi connectivity index (χ1v) is 15.6. The second kappa shape index (κ2) is 10.8. The van der Waals surface area contributed by atoms with Gasteiger partial charge in [0.05, 0.1) is 0 Å². The van der Waals surface area contributed by atoms with Gasteiger partial charge in [0.25, 0.3) is 0 Å².